The molecular formula is C22H25NO6. The first-order chi connectivity index (χ1) is 14.0. The first-order valence-electron chi connectivity index (χ1n) is 9.74. The highest BCUT2D eigenvalue weighted by Gasteiger charge is 2.32. The Morgan fingerprint density at radius 1 is 1.34 bits per heavy atom. The average molecular weight is 399 g/mol. The number of nitrogens with zero attached hydrogens (tertiary/aromatic N) is 1. The summed E-state index contributed by atoms with van der Waals surface area (Å²) in [7, 11) is 2.95. The molecule has 0 radical (unpaired) electrons. The average Bonchev–Trinajstić information content (AvgIpc) is 3.11. The van der Waals surface area contributed by atoms with Gasteiger partial charge in [0.25, 0.3) is 0 Å². The monoisotopic (exact) mass is 399 g/mol. The summed E-state index contributed by atoms with van der Waals surface area (Å²) in [6.45, 7) is 2.01. The zero-order valence-electron chi connectivity index (χ0n) is 17.0. The molecule has 7 heteroatoms. The van der Waals surface area contributed by atoms with Crippen LogP contribution in [-0.2, 0) is 32.1 Å². The van der Waals surface area contributed by atoms with E-state index in [0.29, 0.717) is 35.3 Å². The molecule has 154 valence electrons. The lowest BCUT2D eigenvalue weighted by molar-refractivity contribution is -0.141. The number of benzene rings is 1. The van der Waals surface area contributed by atoms with Crippen molar-refractivity contribution in [2.24, 2.45) is 10.9 Å². The van der Waals surface area contributed by atoms with Crippen molar-refractivity contribution in [1.82, 2.24) is 0 Å². The van der Waals surface area contributed by atoms with Crippen molar-refractivity contribution in [3.8, 4) is 5.75 Å². The first kappa shape index (κ1) is 20.8. The number of isocyanates is 1. The Balaban J connectivity index is 2.04. The third kappa shape index (κ3) is 4.10. The van der Waals surface area contributed by atoms with Crippen LogP contribution in [0.4, 0.5) is 5.69 Å². The molecule has 1 aromatic carbocycles. The van der Waals surface area contributed by atoms with E-state index in [-0.39, 0.29) is 24.2 Å². The molecule has 1 fully saturated rings. The summed E-state index contributed by atoms with van der Waals surface area (Å²) in [4.78, 5) is 38.9. The summed E-state index contributed by atoms with van der Waals surface area (Å²) in [5.41, 5.74) is 3.91. The minimum Gasteiger partial charge on any atom is -0.496 e. The fourth-order valence-electron chi connectivity index (χ4n) is 4.33. The maximum absolute atomic E-state index is 12.3. The molecule has 0 amide bonds. The summed E-state index contributed by atoms with van der Waals surface area (Å²) < 4.78 is 15.6. The zero-order chi connectivity index (χ0) is 21.0. The van der Waals surface area contributed by atoms with Gasteiger partial charge in [0.2, 0.25) is 6.08 Å². The second-order valence-electron chi connectivity index (χ2n) is 7.32. The number of hydrogen-bond acceptors (Lipinski definition) is 7. The number of rotatable bonds is 6. The summed E-state index contributed by atoms with van der Waals surface area (Å²) in [6, 6.07) is 0. The Hall–Kier alpha value is -2.92. The Bertz CT molecular complexity index is 911. The van der Waals surface area contributed by atoms with Crippen LogP contribution in [0.1, 0.15) is 59.2 Å². The van der Waals surface area contributed by atoms with Gasteiger partial charge < -0.3 is 14.2 Å². The lowest BCUT2D eigenvalue weighted by atomic mass is 9.81. The van der Waals surface area contributed by atoms with Crippen molar-refractivity contribution in [2.45, 2.75) is 52.1 Å². The van der Waals surface area contributed by atoms with Gasteiger partial charge in [0.05, 0.1) is 31.9 Å². The Morgan fingerprint density at radius 2 is 2.14 bits per heavy atom. The van der Waals surface area contributed by atoms with Gasteiger partial charge in [-0.25, -0.2) is 9.59 Å². The number of allylic oxidation sites excluding steroid dienone is 2. The minimum atomic E-state index is -0.491. The SMILES string of the molecule is COC(=O)C[C@@H]1CCCC/C1=C\Cc1c(N=C=O)c2c(c(C)c1OC)COC2=O. The van der Waals surface area contributed by atoms with Gasteiger partial charge >= 0.3 is 11.9 Å². The Labute approximate surface area is 169 Å². The van der Waals surface area contributed by atoms with Crippen LogP contribution in [0.2, 0.25) is 0 Å². The van der Waals surface area contributed by atoms with Crippen molar-refractivity contribution in [3.63, 3.8) is 0 Å². The molecule has 1 atom stereocenters. The van der Waals surface area contributed by atoms with Crippen molar-refractivity contribution >= 4 is 23.7 Å². The number of fused-ring (bicyclic) bond motifs is 1. The first-order valence-corrected chi connectivity index (χ1v) is 9.74. The number of carbonyl (C=O) groups excluding carboxylic acids is 3. The third-order valence-corrected chi connectivity index (χ3v) is 5.81. The second-order valence-corrected chi connectivity index (χ2v) is 7.32. The lowest BCUT2D eigenvalue weighted by Crippen LogP contribution is -2.16. The van der Waals surface area contributed by atoms with Gasteiger partial charge in [-0.05, 0) is 44.1 Å². The fraction of sp³-hybridized carbons (Fsp3) is 0.500. The summed E-state index contributed by atoms with van der Waals surface area (Å²) in [5.74, 6) is 0.0200. The van der Waals surface area contributed by atoms with Crippen molar-refractivity contribution in [3.05, 3.63) is 33.9 Å². The van der Waals surface area contributed by atoms with Crippen LogP contribution >= 0.6 is 0 Å². The van der Waals surface area contributed by atoms with Crippen LogP contribution in [0.15, 0.2) is 16.6 Å². The highest BCUT2D eigenvalue weighted by molar-refractivity contribution is 6.01. The molecule has 7 nitrogen and oxygen atoms in total. The predicted molar refractivity (Wildman–Crippen MR) is 105 cm³/mol. The van der Waals surface area contributed by atoms with E-state index in [9.17, 15) is 14.4 Å². The number of esters is 2. The van der Waals surface area contributed by atoms with E-state index in [1.165, 1.54) is 12.7 Å². The van der Waals surface area contributed by atoms with E-state index < -0.39 is 5.97 Å². The van der Waals surface area contributed by atoms with E-state index in [1.807, 2.05) is 6.92 Å². The number of methoxy groups -OCH3 is 2. The Morgan fingerprint density at radius 3 is 2.83 bits per heavy atom. The van der Waals surface area contributed by atoms with Crippen LogP contribution in [0.5, 0.6) is 5.75 Å². The molecule has 3 rings (SSSR count). The Kier molecular flexibility index (Phi) is 6.49. The standard InChI is InChI=1S/C22H25NO6/c1-13-17-11-29-22(26)19(17)20(23-12-24)16(21(13)28-3)9-8-14-6-4-5-7-15(14)10-18(25)27-2/h8,15H,4-7,9-11H2,1-3H3/b14-8+/t15-/m0/s1. The van der Waals surface area contributed by atoms with Gasteiger partial charge in [0.1, 0.15) is 12.4 Å². The van der Waals surface area contributed by atoms with E-state index >= 15 is 0 Å². The maximum Gasteiger partial charge on any atom is 0.341 e. The molecule has 1 aliphatic carbocycles. The van der Waals surface area contributed by atoms with Crippen LogP contribution in [0.3, 0.4) is 0 Å². The number of ether oxygens (including phenoxy) is 3. The van der Waals surface area contributed by atoms with Crippen molar-refractivity contribution < 1.29 is 28.6 Å². The van der Waals surface area contributed by atoms with Crippen LogP contribution in [0, 0.1) is 12.8 Å². The largest absolute Gasteiger partial charge is 0.496 e. The molecule has 2 aliphatic rings. The minimum absolute atomic E-state index is 0.139. The molecular weight excluding hydrogens is 374 g/mol. The molecule has 0 saturated heterocycles. The summed E-state index contributed by atoms with van der Waals surface area (Å²) >= 11 is 0. The molecule has 0 unspecified atom stereocenters. The van der Waals surface area contributed by atoms with Gasteiger partial charge in [-0.15, -0.1) is 0 Å². The van der Waals surface area contributed by atoms with Gasteiger partial charge in [-0.3, -0.25) is 4.79 Å². The molecule has 0 N–H and O–H groups in total. The number of carbonyl (C=O) groups is 2. The van der Waals surface area contributed by atoms with Crippen LogP contribution in [-0.4, -0.2) is 32.2 Å². The number of aliphatic imine (C=N–C) groups is 1. The van der Waals surface area contributed by atoms with Gasteiger partial charge in [-0.2, -0.15) is 4.99 Å². The smallest absolute Gasteiger partial charge is 0.341 e. The predicted octanol–water partition coefficient (Wildman–Crippen LogP) is 3.86. The van der Waals surface area contributed by atoms with Gasteiger partial charge in [0.15, 0.2) is 0 Å². The van der Waals surface area contributed by atoms with E-state index in [2.05, 4.69) is 11.1 Å². The number of cyclic esters (lactones) is 1. The second kappa shape index (κ2) is 9.05. The lowest BCUT2D eigenvalue weighted by Gasteiger charge is -2.25. The maximum atomic E-state index is 12.3. The molecule has 1 saturated carbocycles. The molecule has 1 aromatic rings. The summed E-state index contributed by atoms with van der Waals surface area (Å²) in [5, 5.41) is 0. The molecule has 1 aliphatic heterocycles. The third-order valence-electron chi connectivity index (χ3n) is 5.81. The van der Waals surface area contributed by atoms with Crippen molar-refractivity contribution in [1.29, 1.82) is 0 Å². The molecule has 0 spiro atoms. The van der Waals surface area contributed by atoms with Gasteiger partial charge in [-0.1, -0.05) is 18.1 Å². The van der Waals surface area contributed by atoms with Gasteiger partial charge in [0, 0.05) is 11.1 Å². The van der Waals surface area contributed by atoms with Crippen LogP contribution in [0.25, 0.3) is 0 Å². The van der Waals surface area contributed by atoms with Crippen molar-refractivity contribution in [2.75, 3.05) is 14.2 Å². The zero-order valence-corrected chi connectivity index (χ0v) is 17.0. The van der Waals surface area contributed by atoms with E-state index in [4.69, 9.17) is 14.2 Å². The van der Waals surface area contributed by atoms with Crippen LogP contribution < -0.4 is 4.74 Å². The summed E-state index contributed by atoms with van der Waals surface area (Å²) in [6.07, 6.45) is 8.39. The highest BCUT2D eigenvalue weighted by atomic mass is 16.5. The molecule has 1 heterocycles. The fourth-order valence-corrected chi connectivity index (χ4v) is 4.33. The quantitative estimate of drug-likeness (QED) is 0.312. The topological polar surface area (TPSA) is 91.3 Å². The highest BCUT2D eigenvalue weighted by Crippen LogP contribution is 2.43. The number of hydrogen-bond donors (Lipinski definition) is 0. The molecule has 0 aromatic heterocycles. The molecule has 29 heavy (non-hydrogen) atoms. The molecule has 0 bridgehead atoms. The van der Waals surface area contributed by atoms with E-state index in [1.54, 1.807) is 13.2 Å². The normalized spacial score (nSPS) is 19.3. The van der Waals surface area contributed by atoms with E-state index in [0.717, 1.165) is 31.2 Å².